The molecule has 0 fully saturated rings. The van der Waals surface area contributed by atoms with Gasteiger partial charge in [0.15, 0.2) is 0 Å². The number of anilines is 1. The molecule has 0 spiro atoms. The number of nitrogens with one attached hydrogen (secondary N) is 1. The van der Waals surface area contributed by atoms with Gasteiger partial charge in [0.25, 0.3) is 0 Å². The molecule has 0 amide bonds. The molecule has 6 heteroatoms. The smallest absolute Gasteiger partial charge is 0.138 e. The van der Waals surface area contributed by atoms with Crippen LogP contribution in [0.3, 0.4) is 0 Å². The van der Waals surface area contributed by atoms with E-state index in [-0.39, 0.29) is 12.0 Å². The second-order valence-electron chi connectivity index (χ2n) is 5.13. The summed E-state index contributed by atoms with van der Waals surface area (Å²) in [6.45, 7) is 10.3. The Kier molecular flexibility index (Phi) is 4.60. The van der Waals surface area contributed by atoms with Crippen LogP contribution in [0.15, 0.2) is 6.33 Å². The summed E-state index contributed by atoms with van der Waals surface area (Å²) < 4.78 is 0. The molecular formula is C14H19ClN4S. The van der Waals surface area contributed by atoms with Crippen molar-refractivity contribution >= 4 is 28.8 Å². The highest BCUT2D eigenvalue weighted by atomic mass is 35.5. The molecule has 2 heterocycles. The number of aryl methyl sites for hydroxylation is 2. The number of hydrogen-bond acceptors (Lipinski definition) is 5. The molecule has 0 aromatic carbocycles. The molecule has 0 aliphatic heterocycles. The van der Waals surface area contributed by atoms with Crippen molar-refractivity contribution in [2.24, 2.45) is 0 Å². The fourth-order valence-electron chi connectivity index (χ4n) is 2.22. The van der Waals surface area contributed by atoms with Gasteiger partial charge in [-0.05, 0) is 26.7 Å². The van der Waals surface area contributed by atoms with E-state index in [9.17, 15) is 0 Å². The van der Waals surface area contributed by atoms with E-state index in [1.165, 1.54) is 11.2 Å². The van der Waals surface area contributed by atoms with Gasteiger partial charge in [-0.15, -0.1) is 11.3 Å². The zero-order valence-corrected chi connectivity index (χ0v) is 13.9. The van der Waals surface area contributed by atoms with E-state index < -0.39 is 0 Å². The Labute approximate surface area is 128 Å². The van der Waals surface area contributed by atoms with Crippen LogP contribution in [-0.4, -0.2) is 15.0 Å². The first kappa shape index (κ1) is 15.2. The van der Waals surface area contributed by atoms with Crippen molar-refractivity contribution in [2.75, 3.05) is 5.32 Å². The van der Waals surface area contributed by atoms with Gasteiger partial charge < -0.3 is 5.32 Å². The lowest BCUT2D eigenvalue weighted by Crippen LogP contribution is -2.11. The summed E-state index contributed by atoms with van der Waals surface area (Å²) in [7, 11) is 0. The standard InChI is InChI=1S/C14H19ClN4S/c1-7(2)11-13(15)16-6-17-14(11)19-9(4)12-8(3)18-10(5)20-12/h6-7,9H,1-5H3,(H,16,17,19). The van der Waals surface area contributed by atoms with Crippen molar-refractivity contribution in [3.63, 3.8) is 0 Å². The first-order valence-corrected chi connectivity index (χ1v) is 7.80. The second kappa shape index (κ2) is 6.06. The molecule has 108 valence electrons. The lowest BCUT2D eigenvalue weighted by molar-refractivity contribution is 0.821. The Bertz CT molecular complexity index is 609. The van der Waals surface area contributed by atoms with Gasteiger partial charge in [0.1, 0.15) is 17.3 Å². The van der Waals surface area contributed by atoms with E-state index in [4.69, 9.17) is 11.6 Å². The molecule has 2 aromatic rings. The summed E-state index contributed by atoms with van der Waals surface area (Å²) in [4.78, 5) is 14.1. The average molecular weight is 311 g/mol. The average Bonchev–Trinajstić information content (AvgIpc) is 2.68. The highest BCUT2D eigenvalue weighted by Crippen LogP contribution is 2.32. The van der Waals surface area contributed by atoms with Crippen LogP contribution in [0.5, 0.6) is 0 Å². The van der Waals surface area contributed by atoms with Crippen LogP contribution >= 0.6 is 22.9 Å². The highest BCUT2D eigenvalue weighted by Gasteiger charge is 2.18. The number of aromatic nitrogens is 3. The molecule has 0 aliphatic rings. The maximum Gasteiger partial charge on any atom is 0.138 e. The monoisotopic (exact) mass is 310 g/mol. The predicted molar refractivity (Wildman–Crippen MR) is 84.8 cm³/mol. The van der Waals surface area contributed by atoms with Crippen molar-refractivity contribution in [1.82, 2.24) is 15.0 Å². The number of rotatable bonds is 4. The Morgan fingerprint density at radius 2 is 1.90 bits per heavy atom. The molecule has 0 saturated heterocycles. The summed E-state index contributed by atoms with van der Waals surface area (Å²) in [6, 6.07) is 0.143. The lowest BCUT2D eigenvalue weighted by Gasteiger charge is -2.18. The molecular weight excluding hydrogens is 292 g/mol. The minimum atomic E-state index is 0.143. The molecule has 0 radical (unpaired) electrons. The molecule has 0 saturated carbocycles. The summed E-state index contributed by atoms with van der Waals surface area (Å²) in [6.07, 6.45) is 1.49. The van der Waals surface area contributed by atoms with Crippen molar-refractivity contribution in [3.8, 4) is 0 Å². The number of nitrogens with zero attached hydrogens (tertiary/aromatic N) is 3. The van der Waals surface area contributed by atoms with Gasteiger partial charge in [0.2, 0.25) is 0 Å². The molecule has 1 unspecified atom stereocenters. The molecule has 1 N–H and O–H groups in total. The minimum Gasteiger partial charge on any atom is -0.362 e. The Morgan fingerprint density at radius 1 is 1.20 bits per heavy atom. The molecule has 2 aromatic heterocycles. The van der Waals surface area contributed by atoms with Crippen molar-refractivity contribution in [3.05, 3.63) is 32.6 Å². The van der Waals surface area contributed by atoms with Crippen LogP contribution in [0.2, 0.25) is 5.15 Å². The van der Waals surface area contributed by atoms with Gasteiger partial charge in [0.05, 0.1) is 16.7 Å². The third-order valence-corrected chi connectivity index (χ3v) is 4.66. The van der Waals surface area contributed by atoms with E-state index in [0.717, 1.165) is 22.1 Å². The number of hydrogen-bond donors (Lipinski definition) is 1. The first-order chi connectivity index (χ1) is 9.40. The van der Waals surface area contributed by atoms with Crippen molar-refractivity contribution in [1.29, 1.82) is 0 Å². The maximum absolute atomic E-state index is 6.19. The highest BCUT2D eigenvalue weighted by molar-refractivity contribution is 7.11. The van der Waals surface area contributed by atoms with Gasteiger partial charge in [-0.2, -0.15) is 0 Å². The Balaban J connectivity index is 2.30. The van der Waals surface area contributed by atoms with Crippen LogP contribution in [0, 0.1) is 13.8 Å². The van der Waals surface area contributed by atoms with E-state index in [1.807, 2.05) is 13.8 Å². The molecule has 4 nitrogen and oxygen atoms in total. The minimum absolute atomic E-state index is 0.143. The summed E-state index contributed by atoms with van der Waals surface area (Å²) in [5, 5.41) is 5.03. The SMILES string of the molecule is Cc1nc(C)c(C(C)Nc2ncnc(Cl)c2C(C)C)s1. The van der Waals surface area contributed by atoms with Crippen molar-refractivity contribution in [2.45, 2.75) is 46.6 Å². The quantitative estimate of drug-likeness (QED) is 0.845. The number of thiazole rings is 1. The normalized spacial score (nSPS) is 12.8. The van der Waals surface area contributed by atoms with Crippen molar-refractivity contribution < 1.29 is 0 Å². The van der Waals surface area contributed by atoms with E-state index in [0.29, 0.717) is 5.15 Å². The molecule has 2 rings (SSSR count). The Hall–Kier alpha value is -1.20. The molecule has 0 bridgehead atoms. The summed E-state index contributed by atoms with van der Waals surface area (Å²) in [5.41, 5.74) is 2.03. The van der Waals surface area contributed by atoms with E-state index in [2.05, 4.69) is 41.0 Å². The van der Waals surface area contributed by atoms with E-state index >= 15 is 0 Å². The van der Waals surface area contributed by atoms with Gasteiger partial charge in [-0.25, -0.2) is 15.0 Å². The van der Waals surface area contributed by atoms with Gasteiger partial charge in [-0.1, -0.05) is 25.4 Å². The largest absolute Gasteiger partial charge is 0.362 e. The fourth-order valence-corrected chi connectivity index (χ4v) is 3.50. The van der Waals surface area contributed by atoms with E-state index in [1.54, 1.807) is 11.3 Å². The first-order valence-electron chi connectivity index (χ1n) is 6.61. The topological polar surface area (TPSA) is 50.7 Å². The molecule has 20 heavy (non-hydrogen) atoms. The van der Waals surface area contributed by atoms with Crippen LogP contribution in [-0.2, 0) is 0 Å². The predicted octanol–water partition coefficient (Wildman–Crippen LogP) is 4.50. The summed E-state index contributed by atoms with van der Waals surface area (Å²) in [5.74, 6) is 1.07. The van der Waals surface area contributed by atoms with Gasteiger partial charge >= 0.3 is 0 Å². The van der Waals surface area contributed by atoms with Gasteiger partial charge in [0, 0.05) is 10.4 Å². The van der Waals surface area contributed by atoms with Crippen LogP contribution < -0.4 is 5.32 Å². The third kappa shape index (κ3) is 3.10. The molecule has 1 atom stereocenters. The summed E-state index contributed by atoms with van der Waals surface area (Å²) >= 11 is 7.90. The van der Waals surface area contributed by atoms with Gasteiger partial charge in [-0.3, -0.25) is 0 Å². The van der Waals surface area contributed by atoms with Crippen LogP contribution in [0.1, 0.15) is 53.9 Å². The van der Waals surface area contributed by atoms with Crippen LogP contribution in [0.25, 0.3) is 0 Å². The zero-order valence-electron chi connectivity index (χ0n) is 12.4. The number of halogens is 1. The second-order valence-corrected chi connectivity index (χ2v) is 6.72. The molecule has 0 aliphatic carbocycles. The maximum atomic E-state index is 6.19. The lowest BCUT2D eigenvalue weighted by atomic mass is 10.1. The van der Waals surface area contributed by atoms with Crippen LogP contribution in [0.4, 0.5) is 5.82 Å². The third-order valence-electron chi connectivity index (χ3n) is 3.10. The fraction of sp³-hybridized carbons (Fsp3) is 0.500. The zero-order chi connectivity index (χ0) is 14.9. The Morgan fingerprint density at radius 3 is 2.45 bits per heavy atom.